The summed E-state index contributed by atoms with van der Waals surface area (Å²) in [6.45, 7) is 6.82. The minimum Gasteiger partial charge on any atom is -0.481 e. The van der Waals surface area contributed by atoms with Gasteiger partial charge >= 0.3 is 5.97 Å². The molecule has 1 heterocycles. The molecule has 0 saturated carbocycles. The van der Waals surface area contributed by atoms with Crippen molar-refractivity contribution in [2.75, 3.05) is 175 Å². The van der Waals surface area contributed by atoms with Crippen molar-refractivity contribution < 1.29 is 60.9 Å². The zero-order chi connectivity index (χ0) is 75.8. The SMILES string of the molecule is C=C(OO)SCCSCc1ccc(CSCCSCC(=O)O)cc1.NCCSc1ccc(SCCN)cc1.OCCSCCSCc1ccccc1CSCCSCCO.OCCSCc1cccc(CSCCO)n1.OCCSc1cccc(SCCO)c1.OCCSc1ccccc1SCCO. The molecule has 0 radical (unpaired) electrons. The zero-order valence-electron chi connectivity index (χ0n) is 59.2. The molecule has 0 aliphatic rings. The number of aliphatic carboxylic acids is 1. The van der Waals surface area contributed by atoms with Crippen LogP contribution in [0.4, 0.5) is 0 Å². The van der Waals surface area contributed by atoms with Crippen LogP contribution < -0.4 is 11.5 Å². The van der Waals surface area contributed by atoms with E-state index in [0.717, 1.165) is 163 Å². The Bertz CT molecular complexity index is 2810. The Hall–Kier alpha value is -0.580. The molecule has 31 heteroatoms. The Morgan fingerprint density at radius 3 is 1.11 bits per heavy atom. The lowest BCUT2D eigenvalue weighted by atomic mass is 10.1. The first-order valence-corrected chi connectivity index (χ1v) is 50.7. The second-order valence-corrected chi connectivity index (χ2v) is 38.6. The molecule has 0 saturated heterocycles. The van der Waals surface area contributed by atoms with Crippen LogP contribution in [0.25, 0.3) is 0 Å². The number of hydrogen-bond donors (Lipinski definition) is 12. The van der Waals surface area contributed by atoms with Gasteiger partial charge < -0.3 is 62.3 Å². The molecule has 14 N–H and O–H groups in total. The summed E-state index contributed by atoms with van der Waals surface area (Å²) in [5.41, 5.74) is 18.5. The molecule has 6 rings (SSSR count). The van der Waals surface area contributed by atoms with Crippen LogP contribution in [0.2, 0.25) is 0 Å². The lowest BCUT2D eigenvalue weighted by molar-refractivity contribution is -0.191. The summed E-state index contributed by atoms with van der Waals surface area (Å²) < 4.78 is 0. The molecule has 5 aromatic carbocycles. The number of nitrogens with two attached hydrogens (primary N) is 2. The molecular weight excluding hydrogens is 1620 g/mol. The molecule has 584 valence electrons. The standard InChI is InChI=1S/C16H22O4S4.C16H26O2S4.C11H17NO2S2.C10H16N2S2.2C10H14O2S2/c1-13(20-19)24-9-8-22-11-15-4-2-14(3-5-15)10-21-6-7-23-12-16(17)18;17-5-7-19-9-11-21-13-15-3-1-2-4-16(15)14-22-12-10-20-8-6-18;13-4-6-15-8-10-2-1-3-11(12-10)9-16-7-5-14;11-5-7-13-9-1-2-10(4-3-9)14-8-6-12;11-4-6-13-9-2-1-3-10(8-9)14-7-5-12;11-5-7-13-9-3-1-2-4-10(9)14-8-6-12/h2-5,19H,1,6-12H2,(H,17,18);1-4,17-18H,5-14H2;1-3,13-14H,4-9H2;1-4H,5-8,11-12H2;1-3,8,11-12H,4-7H2;1-4,11-12H,5-8H2. The highest BCUT2D eigenvalue weighted by molar-refractivity contribution is 8.05. The Balaban J connectivity index is 0.000000633. The number of carboxylic acids is 1. The number of aliphatic hydroxyl groups is 8. The summed E-state index contributed by atoms with van der Waals surface area (Å²) in [7, 11) is 0. The summed E-state index contributed by atoms with van der Waals surface area (Å²) in [5.74, 6) is 21.5. The summed E-state index contributed by atoms with van der Waals surface area (Å²) in [5, 5.41) is 86.9. The van der Waals surface area contributed by atoms with E-state index in [1.165, 1.54) is 75.2 Å². The highest BCUT2D eigenvalue weighted by atomic mass is 32.2. The molecule has 0 atom stereocenters. The van der Waals surface area contributed by atoms with Crippen LogP contribution >= 0.6 is 188 Å². The van der Waals surface area contributed by atoms with Gasteiger partial charge in [-0.05, 0) is 95.6 Å². The topological polar surface area (TPSA) is 294 Å². The third-order valence-corrected chi connectivity index (χ3v) is 29.1. The van der Waals surface area contributed by atoms with E-state index in [1.807, 2.05) is 131 Å². The first-order chi connectivity index (χ1) is 51.0. The van der Waals surface area contributed by atoms with Crippen molar-refractivity contribution in [3.8, 4) is 0 Å². The van der Waals surface area contributed by atoms with E-state index < -0.39 is 5.97 Å². The lowest BCUT2D eigenvalue weighted by Gasteiger charge is -2.09. The third-order valence-electron chi connectivity index (χ3n) is 12.1. The first-order valence-electron chi connectivity index (χ1n) is 33.4. The summed E-state index contributed by atoms with van der Waals surface area (Å²) in [6, 6.07) is 48.1. The molecule has 0 spiro atoms. The average Bonchev–Trinajstić information content (AvgIpc) is 0.905. The molecule has 0 bridgehead atoms. The summed E-state index contributed by atoms with van der Waals surface area (Å²) >= 11 is 27.7. The van der Waals surface area contributed by atoms with E-state index in [2.05, 4.69) is 95.3 Å². The van der Waals surface area contributed by atoms with Crippen LogP contribution in [0, 0.1) is 0 Å². The highest BCUT2D eigenvalue weighted by Crippen LogP contribution is 2.31. The number of thioether (sulfide) groups is 16. The number of hydrogen-bond acceptors (Lipinski definition) is 30. The monoisotopic (exact) mass is 1730 g/mol. The number of aliphatic hydroxyl groups excluding tert-OH is 8. The van der Waals surface area contributed by atoms with Crippen molar-refractivity contribution >= 4 is 194 Å². The summed E-state index contributed by atoms with van der Waals surface area (Å²) in [4.78, 5) is 26.2. The van der Waals surface area contributed by atoms with E-state index >= 15 is 0 Å². The Morgan fingerprint density at radius 2 is 0.702 bits per heavy atom. The predicted octanol–water partition coefficient (Wildman–Crippen LogP) is 15.3. The molecule has 0 aliphatic carbocycles. The molecular formula is C73H109N3O12S16. The fourth-order valence-corrected chi connectivity index (χ4v) is 20.8. The van der Waals surface area contributed by atoms with Crippen molar-refractivity contribution in [2.24, 2.45) is 11.5 Å². The molecule has 15 nitrogen and oxygen atoms in total. The van der Waals surface area contributed by atoms with Gasteiger partial charge in [-0.1, -0.05) is 84.6 Å². The number of benzene rings is 5. The van der Waals surface area contributed by atoms with Gasteiger partial charge in [0.05, 0.1) is 70.0 Å². The van der Waals surface area contributed by atoms with E-state index in [4.69, 9.17) is 62.7 Å². The van der Waals surface area contributed by atoms with Crippen molar-refractivity contribution in [2.45, 2.75) is 63.9 Å². The highest BCUT2D eigenvalue weighted by Gasteiger charge is 2.07. The van der Waals surface area contributed by atoms with E-state index in [1.54, 1.807) is 94.1 Å². The number of carbonyl (C=O) groups is 1. The molecule has 0 amide bonds. The van der Waals surface area contributed by atoms with E-state index in [9.17, 15) is 4.79 Å². The molecule has 0 fully saturated rings. The largest absolute Gasteiger partial charge is 0.481 e. The van der Waals surface area contributed by atoms with Crippen LogP contribution in [0.1, 0.15) is 33.6 Å². The quantitative estimate of drug-likeness (QED) is 0.00555. The predicted molar refractivity (Wildman–Crippen MR) is 477 cm³/mol. The fraction of sp³-hybridized carbons (Fsp3) is 0.479. The van der Waals surface area contributed by atoms with E-state index in [0.29, 0.717) is 5.09 Å². The maximum absolute atomic E-state index is 10.4. The molecule has 0 aliphatic heterocycles. The molecule has 1 aromatic heterocycles. The van der Waals surface area contributed by atoms with E-state index in [-0.39, 0.29) is 58.6 Å². The molecule has 104 heavy (non-hydrogen) atoms. The van der Waals surface area contributed by atoms with Crippen LogP contribution in [-0.2, 0) is 44.2 Å². The number of aromatic nitrogens is 1. The number of rotatable bonds is 54. The normalized spacial score (nSPS) is 10.6. The first kappa shape index (κ1) is 101. The van der Waals surface area contributed by atoms with Crippen molar-refractivity contribution in [3.05, 3.63) is 185 Å². The maximum Gasteiger partial charge on any atom is 0.313 e. The second-order valence-electron chi connectivity index (χ2n) is 20.4. The van der Waals surface area contributed by atoms with Gasteiger partial charge in [-0.25, -0.2) is 5.26 Å². The van der Waals surface area contributed by atoms with Gasteiger partial charge in [0, 0.05) is 181 Å². The van der Waals surface area contributed by atoms with Gasteiger partial charge in [-0.3, -0.25) is 9.78 Å². The van der Waals surface area contributed by atoms with Gasteiger partial charge in [-0.2, -0.15) is 94.1 Å². The Kier molecular flexibility index (Phi) is 74.5. The molecule has 6 aromatic rings. The van der Waals surface area contributed by atoms with Crippen LogP contribution in [0.15, 0.2) is 181 Å². The number of carboxylic acid groups (broad SMARTS) is 1. The second kappa shape index (κ2) is 76.4. The fourth-order valence-electron chi connectivity index (χ4n) is 7.54. The average molecular weight is 1730 g/mol. The van der Waals surface area contributed by atoms with Gasteiger partial charge in [0.2, 0.25) is 0 Å². The van der Waals surface area contributed by atoms with Gasteiger partial charge in [0.1, 0.15) is 0 Å². The van der Waals surface area contributed by atoms with Gasteiger partial charge in [0.15, 0.2) is 5.09 Å². The molecule has 0 unspecified atom stereocenters. The number of nitrogens with zero attached hydrogens (tertiary/aromatic N) is 1. The Labute approximate surface area is 688 Å². The van der Waals surface area contributed by atoms with Crippen molar-refractivity contribution in [1.82, 2.24) is 4.98 Å². The smallest absolute Gasteiger partial charge is 0.313 e. The van der Waals surface area contributed by atoms with Gasteiger partial charge in [-0.15, -0.1) is 82.3 Å². The zero-order valence-corrected chi connectivity index (χ0v) is 72.2. The minimum atomic E-state index is -0.747. The maximum atomic E-state index is 10.4. The third kappa shape index (κ3) is 60.1. The van der Waals surface area contributed by atoms with Crippen molar-refractivity contribution in [1.29, 1.82) is 0 Å². The van der Waals surface area contributed by atoms with Crippen LogP contribution in [0.3, 0.4) is 0 Å². The van der Waals surface area contributed by atoms with Crippen LogP contribution in [0.5, 0.6) is 0 Å². The van der Waals surface area contributed by atoms with Crippen molar-refractivity contribution in [3.63, 3.8) is 0 Å². The van der Waals surface area contributed by atoms with Crippen LogP contribution in [-0.4, -0.2) is 237 Å². The lowest BCUT2D eigenvalue weighted by Crippen LogP contribution is -2.01. The minimum absolute atomic E-state index is 0.187. The Morgan fingerprint density at radius 1 is 0.356 bits per heavy atom. The summed E-state index contributed by atoms with van der Waals surface area (Å²) in [6.07, 6.45) is 0. The number of pyridine rings is 1. The van der Waals surface area contributed by atoms with Gasteiger partial charge in [0.25, 0.3) is 0 Å².